The van der Waals surface area contributed by atoms with E-state index in [1.54, 1.807) is 26.0 Å². The van der Waals surface area contributed by atoms with Gasteiger partial charge in [0.05, 0.1) is 18.5 Å². The maximum absolute atomic E-state index is 13.5. The van der Waals surface area contributed by atoms with Crippen LogP contribution < -0.4 is 5.56 Å². The molecular formula is C20H21FN2O3S. The molecule has 3 rings (SSSR count). The van der Waals surface area contributed by atoms with Gasteiger partial charge >= 0.3 is 5.97 Å². The van der Waals surface area contributed by atoms with E-state index in [1.165, 1.54) is 28.0 Å². The largest absolute Gasteiger partial charge is 0.461 e. The van der Waals surface area contributed by atoms with Crippen molar-refractivity contribution in [3.05, 3.63) is 62.3 Å². The number of thiophene rings is 1. The van der Waals surface area contributed by atoms with Gasteiger partial charge in [0.2, 0.25) is 0 Å². The lowest BCUT2D eigenvalue weighted by molar-refractivity contribution is 0.0464. The predicted octanol–water partition coefficient (Wildman–Crippen LogP) is 4.08. The molecule has 0 aliphatic rings. The van der Waals surface area contributed by atoms with Crippen LogP contribution in [-0.4, -0.2) is 22.1 Å². The molecule has 5 nitrogen and oxygen atoms in total. The zero-order chi connectivity index (χ0) is 19.7. The molecule has 0 saturated heterocycles. The number of rotatable bonds is 5. The van der Waals surface area contributed by atoms with Crippen molar-refractivity contribution in [2.24, 2.45) is 5.92 Å². The van der Waals surface area contributed by atoms with Crippen molar-refractivity contribution in [1.82, 2.24) is 9.55 Å². The van der Waals surface area contributed by atoms with Crippen molar-refractivity contribution in [2.45, 2.75) is 34.2 Å². The van der Waals surface area contributed by atoms with Gasteiger partial charge in [0.1, 0.15) is 21.3 Å². The molecule has 0 saturated carbocycles. The second-order valence-electron chi connectivity index (χ2n) is 6.91. The highest BCUT2D eigenvalue weighted by Gasteiger charge is 2.22. The van der Waals surface area contributed by atoms with Crippen LogP contribution in [0.25, 0.3) is 10.2 Å². The number of carbonyl (C=O) groups is 1. The molecule has 7 heteroatoms. The second kappa shape index (κ2) is 7.60. The molecule has 0 bridgehead atoms. The van der Waals surface area contributed by atoms with Crippen molar-refractivity contribution < 1.29 is 13.9 Å². The average molecular weight is 388 g/mol. The van der Waals surface area contributed by atoms with Gasteiger partial charge in [0.15, 0.2) is 0 Å². The average Bonchev–Trinajstić information content (AvgIpc) is 2.93. The zero-order valence-electron chi connectivity index (χ0n) is 15.7. The fraction of sp³-hybridized carbons (Fsp3) is 0.350. The number of ether oxygens (including phenoxy) is 1. The number of hydrogen-bond acceptors (Lipinski definition) is 5. The summed E-state index contributed by atoms with van der Waals surface area (Å²) in [4.78, 5) is 30.8. The topological polar surface area (TPSA) is 61.2 Å². The number of benzene rings is 1. The van der Waals surface area contributed by atoms with Crippen LogP contribution in [0.1, 0.15) is 40.5 Å². The minimum Gasteiger partial charge on any atom is -0.461 e. The van der Waals surface area contributed by atoms with Gasteiger partial charge in [-0.3, -0.25) is 9.36 Å². The van der Waals surface area contributed by atoms with E-state index in [-0.39, 0.29) is 23.8 Å². The van der Waals surface area contributed by atoms with Gasteiger partial charge in [0.25, 0.3) is 5.56 Å². The Labute approximate surface area is 160 Å². The molecule has 0 atom stereocenters. The molecule has 2 heterocycles. The highest BCUT2D eigenvalue weighted by atomic mass is 32.1. The highest BCUT2D eigenvalue weighted by molar-refractivity contribution is 7.20. The van der Waals surface area contributed by atoms with Gasteiger partial charge in [-0.2, -0.15) is 0 Å². The summed E-state index contributed by atoms with van der Waals surface area (Å²) in [6.07, 6.45) is 0. The maximum atomic E-state index is 13.5. The van der Waals surface area contributed by atoms with E-state index in [1.807, 2.05) is 13.8 Å². The first-order valence-corrected chi connectivity index (χ1v) is 9.51. The molecule has 0 spiro atoms. The Balaban J connectivity index is 2.04. The maximum Gasteiger partial charge on any atom is 0.348 e. The summed E-state index contributed by atoms with van der Waals surface area (Å²) < 4.78 is 20.3. The van der Waals surface area contributed by atoms with Crippen molar-refractivity contribution in [3.8, 4) is 0 Å². The third kappa shape index (κ3) is 3.93. The molecule has 0 fully saturated rings. The molecule has 0 N–H and O–H groups in total. The van der Waals surface area contributed by atoms with Crippen LogP contribution in [0.3, 0.4) is 0 Å². The molecule has 142 valence electrons. The number of fused-ring (bicyclic) bond motifs is 1. The lowest BCUT2D eigenvalue weighted by Crippen LogP contribution is -2.24. The van der Waals surface area contributed by atoms with Gasteiger partial charge < -0.3 is 4.74 Å². The molecule has 27 heavy (non-hydrogen) atoms. The second-order valence-corrected chi connectivity index (χ2v) is 7.91. The number of nitrogens with zero attached hydrogens (tertiary/aromatic N) is 2. The Morgan fingerprint density at radius 2 is 2.07 bits per heavy atom. The normalized spacial score (nSPS) is 11.3. The molecular weight excluding hydrogens is 367 g/mol. The van der Waals surface area contributed by atoms with Gasteiger partial charge in [-0.05, 0) is 43.0 Å². The van der Waals surface area contributed by atoms with E-state index in [4.69, 9.17) is 4.74 Å². The SMILES string of the molecule is Cc1c(C(=O)OCC(C)C)sc2nc(C)n(Cc3cccc(F)c3)c(=O)c12. The third-order valence-electron chi connectivity index (χ3n) is 4.20. The molecule has 0 aliphatic carbocycles. The summed E-state index contributed by atoms with van der Waals surface area (Å²) in [5, 5.41) is 0.415. The minimum absolute atomic E-state index is 0.216. The monoisotopic (exact) mass is 388 g/mol. The van der Waals surface area contributed by atoms with Crippen LogP contribution in [0.5, 0.6) is 0 Å². The molecule has 0 unspecified atom stereocenters. The molecule has 0 radical (unpaired) electrons. The number of aryl methyl sites for hydroxylation is 2. The molecule has 1 aromatic carbocycles. The van der Waals surface area contributed by atoms with Crippen molar-refractivity contribution in [2.75, 3.05) is 6.61 Å². The van der Waals surface area contributed by atoms with Crippen LogP contribution >= 0.6 is 11.3 Å². The quantitative estimate of drug-likeness (QED) is 0.618. The van der Waals surface area contributed by atoms with Crippen molar-refractivity contribution in [1.29, 1.82) is 0 Å². The summed E-state index contributed by atoms with van der Waals surface area (Å²) in [6, 6.07) is 6.12. The Hall–Kier alpha value is -2.54. The van der Waals surface area contributed by atoms with E-state index >= 15 is 0 Å². The third-order valence-corrected chi connectivity index (χ3v) is 5.37. The van der Waals surface area contributed by atoms with Crippen LogP contribution in [0.15, 0.2) is 29.1 Å². The van der Waals surface area contributed by atoms with Crippen molar-refractivity contribution >= 4 is 27.5 Å². The van der Waals surface area contributed by atoms with E-state index < -0.39 is 5.97 Å². The van der Waals surface area contributed by atoms with Crippen LogP contribution in [-0.2, 0) is 11.3 Å². The summed E-state index contributed by atoms with van der Waals surface area (Å²) >= 11 is 1.17. The standard InChI is InChI=1S/C20H21FN2O3S/c1-11(2)10-26-20(25)17-12(3)16-18(27-17)22-13(4)23(19(16)24)9-14-6-5-7-15(21)8-14/h5-8,11H,9-10H2,1-4H3. The van der Waals surface area contributed by atoms with Crippen molar-refractivity contribution in [3.63, 3.8) is 0 Å². The first kappa shape index (κ1) is 19.2. The van der Waals surface area contributed by atoms with Gasteiger partial charge in [0, 0.05) is 0 Å². The van der Waals surface area contributed by atoms with Gasteiger partial charge in [-0.25, -0.2) is 14.2 Å². The lowest BCUT2D eigenvalue weighted by atomic mass is 10.2. The highest BCUT2D eigenvalue weighted by Crippen LogP contribution is 2.28. The molecule has 3 aromatic rings. The molecule has 0 amide bonds. The number of hydrogen-bond donors (Lipinski definition) is 0. The number of carbonyl (C=O) groups excluding carboxylic acids is 1. The summed E-state index contributed by atoms with van der Waals surface area (Å²) in [7, 11) is 0. The Bertz CT molecular complexity index is 1070. The number of aromatic nitrogens is 2. The fourth-order valence-electron chi connectivity index (χ4n) is 2.82. The smallest absolute Gasteiger partial charge is 0.348 e. The summed E-state index contributed by atoms with van der Waals surface area (Å²) in [5.41, 5.74) is 1.01. The molecule has 0 aliphatic heterocycles. The Kier molecular flexibility index (Phi) is 5.41. The first-order chi connectivity index (χ1) is 12.8. The van der Waals surface area contributed by atoms with E-state index in [0.29, 0.717) is 38.7 Å². The fourth-order valence-corrected chi connectivity index (χ4v) is 3.94. The Morgan fingerprint density at radius 3 is 2.74 bits per heavy atom. The minimum atomic E-state index is -0.432. The van der Waals surface area contributed by atoms with Crippen LogP contribution in [0.4, 0.5) is 4.39 Å². The van der Waals surface area contributed by atoms with Gasteiger partial charge in [-0.15, -0.1) is 11.3 Å². The number of halogens is 1. The zero-order valence-corrected chi connectivity index (χ0v) is 16.5. The van der Waals surface area contributed by atoms with Gasteiger partial charge in [-0.1, -0.05) is 26.0 Å². The Morgan fingerprint density at radius 1 is 1.33 bits per heavy atom. The van der Waals surface area contributed by atoms with Crippen LogP contribution in [0, 0.1) is 25.6 Å². The predicted molar refractivity (Wildman–Crippen MR) is 104 cm³/mol. The molecule has 2 aromatic heterocycles. The number of esters is 1. The van der Waals surface area contributed by atoms with Crippen LogP contribution in [0.2, 0.25) is 0 Å². The summed E-state index contributed by atoms with van der Waals surface area (Å²) in [6.45, 7) is 7.92. The summed E-state index contributed by atoms with van der Waals surface area (Å²) in [5.74, 6) is -0.0420. The van der Waals surface area contributed by atoms with E-state index in [9.17, 15) is 14.0 Å². The van der Waals surface area contributed by atoms with E-state index in [0.717, 1.165) is 0 Å². The first-order valence-electron chi connectivity index (χ1n) is 8.70. The van der Waals surface area contributed by atoms with E-state index in [2.05, 4.69) is 4.98 Å². The lowest BCUT2D eigenvalue weighted by Gasteiger charge is -2.10.